The van der Waals surface area contributed by atoms with Crippen LogP contribution in [0.1, 0.15) is 40.0 Å². The molecule has 2 fully saturated rings. The van der Waals surface area contributed by atoms with E-state index in [1.54, 1.807) is 18.5 Å². The topological polar surface area (TPSA) is 93.4 Å². The number of nitrogens with one attached hydrogen (secondary N) is 1. The summed E-state index contributed by atoms with van der Waals surface area (Å²) in [4.78, 5) is 23.6. The van der Waals surface area contributed by atoms with E-state index in [2.05, 4.69) is 20.2 Å². The molecule has 3 unspecified atom stereocenters. The molecular formula is C18H31Cl2N5O2. The Bertz CT molecular complexity index is 619. The number of anilines is 1. The molecule has 3 rings (SSSR count). The lowest BCUT2D eigenvalue weighted by molar-refractivity contribution is -0.171. The summed E-state index contributed by atoms with van der Waals surface area (Å²) in [6, 6.07) is 1.87. The van der Waals surface area contributed by atoms with Crippen LogP contribution < -0.4 is 16.0 Å². The van der Waals surface area contributed by atoms with Gasteiger partial charge in [0.25, 0.3) is 0 Å². The van der Waals surface area contributed by atoms with Gasteiger partial charge in [0, 0.05) is 50.0 Å². The standard InChI is InChI=1S/C18H29N5O2.2ClH/c1-4-25-14-11-18(19,17(14,2)3)15(24)22-13-7-5-10-23(12-13)16-20-8-6-9-21-16;;/h6,8-9,13-14H,4-5,7,10-12,19H2,1-3H3,(H,22,24);2*1H. The molecule has 9 heteroatoms. The van der Waals surface area contributed by atoms with Crippen LogP contribution in [0.2, 0.25) is 0 Å². The van der Waals surface area contributed by atoms with Gasteiger partial charge in [-0.25, -0.2) is 9.97 Å². The van der Waals surface area contributed by atoms with Crippen molar-refractivity contribution < 1.29 is 9.53 Å². The number of hydrogen-bond donors (Lipinski definition) is 2. The quantitative estimate of drug-likeness (QED) is 0.756. The summed E-state index contributed by atoms with van der Waals surface area (Å²) in [6.45, 7) is 8.25. The number of carbonyl (C=O) groups excluding carboxylic acids is 1. The first kappa shape index (κ1) is 23.9. The third-order valence-corrected chi connectivity index (χ3v) is 5.83. The van der Waals surface area contributed by atoms with Crippen molar-refractivity contribution in [2.75, 3.05) is 24.6 Å². The molecule has 0 bridgehead atoms. The molecule has 1 aliphatic carbocycles. The zero-order valence-electron chi connectivity index (χ0n) is 16.2. The lowest BCUT2D eigenvalue weighted by Crippen LogP contribution is -2.76. The van der Waals surface area contributed by atoms with Gasteiger partial charge in [-0.05, 0) is 25.8 Å². The number of amides is 1. The fraction of sp³-hybridized carbons (Fsp3) is 0.722. The van der Waals surface area contributed by atoms with E-state index in [4.69, 9.17) is 10.5 Å². The van der Waals surface area contributed by atoms with Crippen molar-refractivity contribution >= 4 is 36.7 Å². The Morgan fingerprint density at radius 3 is 2.63 bits per heavy atom. The molecule has 2 aliphatic rings. The van der Waals surface area contributed by atoms with Crippen molar-refractivity contribution in [2.45, 2.75) is 57.7 Å². The molecule has 154 valence electrons. The Kier molecular flexibility index (Phi) is 8.29. The van der Waals surface area contributed by atoms with Crippen LogP contribution in [0.5, 0.6) is 0 Å². The highest BCUT2D eigenvalue weighted by atomic mass is 35.5. The molecule has 3 N–H and O–H groups in total. The minimum atomic E-state index is -0.877. The molecule has 1 aliphatic heterocycles. The van der Waals surface area contributed by atoms with E-state index < -0.39 is 5.54 Å². The lowest BCUT2D eigenvalue weighted by atomic mass is 9.54. The molecule has 7 nitrogen and oxygen atoms in total. The highest BCUT2D eigenvalue weighted by Gasteiger charge is 2.63. The molecule has 0 spiro atoms. The van der Waals surface area contributed by atoms with Crippen LogP contribution in [0, 0.1) is 5.41 Å². The number of hydrogen-bond acceptors (Lipinski definition) is 6. The molecule has 27 heavy (non-hydrogen) atoms. The average molecular weight is 420 g/mol. The van der Waals surface area contributed by atoms with Crippen molar-refractivity contribution in [3.05, 3.63) is 18.5 Å². The summed E-state index contributed by atoms with van der Waals surface area (Å²) < 4.78 is 5.72. The van der Waals surface area contributed by atoms with E-state index in [-0.39, 0.29) is 48.3 Å². The highest BCUT2D eigenvalue weighted by Crippen LogP contribution is 2.49. The van der Waals surface area contributed by atoms with Crippen LogP contribution in [-0.2, 0) is 9.53 Å². The first-order chi connectivity index (χ1) is 11.9. The van der Waals surface area contributed by atoms with Crippen LogP contribution >= 0.6 is 24.8 Å². The summed E-state index contributed by atoms with van der Waals surface area (Å²) in [5.41, 5.74) is 5.23. The predicted molar refractivity (Wildman–Crippen MR) is 111 cm³/mol. The lowest BCUT2D eigenvalue weighted by Gasteiger charge is -2.58. The SMILES string of the molecule is CCOC1CC(N)(C(=O)NC2CCCN(c3ncccn3)C2)C1(C)C.Cl.Cl. The largest absolute Gasteiger partial charge is 0.378 e. The smallest absolute Gasteiger partial charge is 0.241 e. The molecule has 1 aromatic rings. The monoisotopic (exact) mass is 419 g/mol. The van der Waals surface area contributed by atoms with Crippen LogP contribution in [0.3, 0.4) is 0 Å². The van der Waals surface area contributed by atoms with E-state index in [0.29, 0.717) is 25.5 Å². The van der Waals surface area contributed by atoms with Crippen molar-refractivity contribution in [2.24, 2.45) is 11.1 Å². The van der Waals surface area contributed by atoms with E-state index in [1.807, 2.05) is 20.8 Å². The summed E-state index contributed by atoms with van der Waals surface area (Å²) in [5, 5.41) is 3.16. The number of nitrogens with zero attached hydrogens (tertiary/aromatic N) is 3. The number of halogens is 2. The summed E-state index contributed by atoms with van der Waals surface area (Å²) in [7, 11) is 0. The zero-order valence-corrected chi connectivity index (χ0v) is 17.8. The van der Waals surface area contributed by atoms with E-state index in [9.17, 15) is 4.79 Å². The number of ether oxygens (including phenoxy) is 1. The van der Waals surface area contributed by atoms with Gasteiger partial charge in [0.1, 0.15) is 5.54 Å². The van der Waals surface area contributed by atoms with Gasteiger partial charge in [0.15, 0.2) is 0 Å². The second-order valence-electron chi connectivity index (χ2n) is 7.65. The third-order valence-electron chi connectivity index (χ3n) is 5.83. The Labute approximate surface area is 173 Å². The van der Waals surface area contributed by atoms with Gasteiger partial charge in [-0.15, -0.1) is 24.8 Å². The van der Waals surface area contributed by atoms with Gasteiger partial charge in [-0.2, -0.15) is 0 Å². The maximum absolute atomic E-state index is 12.9. The minimum Gasteiger partial charge on any atom is -0.378 e. The number of carbonyl (C=O) groups is 1. The van der Waals surface area contributed by atoms with Gasteiger partial charge >= 0.3 is 0 Å². The number of rotatable bonds is 5. The van der Waals surface area contributed by atoms with Crippen molar-refractivity contribution in [1.82, 2.24) is 15.3 Å². The second-order valence-corrected chi connectivity index (χ2v) is 7.65. The van der Waals surface area contributed by atoms with Crippen LogP contribution in [-0.4, -0.2) is 53.3 Å². The van der Waals surface area contributed by atoms with E-state index in [1.165, 1.54) is 0 Å². The Morgan fingerprint density at radius 2 is 2.04 bits per heavy atom. The van der Waals surface area contributed by atoms with Gasteiger partial charge in [0.2, 0.25) is 11.9 Å². The van der Waals surface area contributed by atoms with E-state index in [0.717, 1.165) is 19.4 Å². The summed E-state index contributed by atoms with van der Waals surface area (Å²) in [6.07, 6.45) is 6.02. The third kappa shape index (κ3) is 4.47. The van der Waals surface area contributed by atoms with E-state index >= 15 is 0 Å². The average Bonchev–Trinajstić information content (AvgIpc) is 2.62. The Balaban J connectivity index is 0.00000182. The molecule has 0 radical (unpaired) electrons. The molecule has 2 heterocycles. The number of aromatic nitrogens is 2. The molecule has 1 saturated carbocycles. The molecule has 3 atom stereocenters. The maximum Gasteiger partial charge on any atom is 0.241 e. The number of piperidine rings is 1. The van der Waals surface area contributed by atoms with Crippen LogP contribution in [0.15, 0.2) is 18.5 Å². The van der Waals surface area contributed by atoms with Crippen LogP contribution in [0.4, 0.5) is 5.95 Å². The summed E-state index contributed by atoms with van der Waals surface area (Å²) >= 11 is 0. The van der Waals surface area contributed by atoms with Crippen molar-refractivity contribution in [3.63, 3.8) is 0 Å². The molecule has 1 aromatic heterocycles. The highest BCUT2D eigenvalue weighted by molar-refractivity contribution is 5.89. The zero-order chi connectivity index (χ0) is 18.1. The fourth-order valence-electron chi connectivity index (χ4n) is 3.87. The number of nitrogens with two attached hydrogens (primary N) is 1. The summed E-state index contributed by atoms with van der Waals surface area (Å²) in [5.74, 6) is 0.638. The van der Waals surface area contributed by atoms with Gasteiger partial charge in [0.05, 0.1) is 6.10 Å². The van der Waals surface area contributed by atoms with Gasteiger partial charge in [-0.1, -0.05) is 13.8 Å². The molecule has 0 aromatic carbocycles. The molecule has 1 saturated heterocycles. The normalized spacial score (nSPS) is 29.0. The molecular weight excluding hydrogens is 389 g/mol. The first-order valence-corrected chi connectivity index (χ1v) is 9.12. The second kappa shape index (κ2) is 9.37. The molecule has 1 amide bonds. The minimum absolute atomic E-state index is 0. The fourth-order valence-corrected chi connectivity index (χ4v) is 3.87. The Hall–Kier alpha value is -1.15. The van der Waals surface area contributed by atoms with Crippen molar-refractivity contribution in [1.29, 1.82) is 0 Å². The van der Waals surface area contributed by atoms with Crippen LogP contribution in [0.25, 0.3) is 0 Å². The van der Waals surface area contributed by atoms with Crippen molar-refractivity contribution in [3.8, 4) is 0 Å². The predicted octanol–water partition coefficient (Wildman–Crippen LogP) is 1.94. The van der Waals surface area contributed by atoms with Gasteiger partial charge in [-0.3, -0.25) is 4.79 Å². The first-order valence-electron chi connectivity index (χ1n) is 9.12. The maximum atomic E-state index is 12.9. The Morgan fingerprint density at radius 1 is 1.37 bits per heavy atom. The van der Waals surface area contributed by atoms with Gasteiger partial charge < -0.3 is 20.7 Å².